The summed E-state index contributed by atoms with van der Waals surface area (Å²) in [7, 11) is 0. The third kappa shape index (κ3) is 3.33. The van der Waals surface area contributed by atoms with Crippen molar-refractivity contribution in [1.82, 2.24) is 10.3 Å². The van der Waals surface area contributed by atoms with Crippen LogP contribution in [0.2, 0.25) is 0 Å². The molecular weight excluding hydrogens is 254 g/mol. The number of rotatable bonds is 4. The lowest BCUT2D eigenvalue weighted by Gasteiger charge is -2.23. The van der Waals surface area contributed by atoms with E-state index < -0.39 is 0 Å². The van der Waals surface area contributed by atoms with Crippen molar-refractivity contribution in [3.63, 3.8) is 0 Å². The fourth-order valence-corrected chi connectivity index (χ4v) is 3.11. The monoisotopic (exact) mass is 273 g/mol. The second-order valence-electron chi connectivity index (χ2n) is 4.99. The van der Waals surface area contributed by atoms with E-state index in [0.717, 1.165) is 30.6 Å². The van der Waals surface area contributed by atoms with Gasteiger partial charge in [-0.1, -0.05) is 12.1 Å². The summed E-state index contributed by atoms with van der Waals surface area (Å²) in [5.41, 5.74) is 2.40. The normalized spacial score (nSPS) is 16.4. The lowest BCUT2D eigenvalue weighted by molar-refractivity contribution is 0.390. The van der Waals surface area contributed by atoms with Gasteiger partial charge >= 0.3 is 0 Å². The van der Waals surface area contributed by atoms with Crippen molar-refractivity contribution in [3.8, 4) is 10.6 Å². The number of aromatic nitrogens is 1. The molecule has 3 rings (SSSR count). The van der Waals surface area contributed by atoms with Crippen LogP contribution in [0.5, 0.6) is 0 Å². The highest BCUT2D eigenvalue weighted by Gasteiger charge is 2.12. The molecule has 0 unspecified atom stereocenters. The summed E-state index contributed by atoms with van der Waals surface area (Å²) >= 11 is 1.68. The quantitative estimate of drug-likeness (QED) is 0.898. The fourth-order valence-electron chi connectivity index (χ4n) is 2.48. The topological polar surface area (TPSA) is 37.0 Å². The van der Waals surface area contributed by atoms with Gasteiger partial charge in [0, 0.05) is 29.4 Å². The van der Waals surface area contributed by atoms with Gasteiger partial charge in [0.2, 0.25) is 0 Å². The molecule has 0 amide bonds. The first kappa shape index (κ1) is 12.6. The summed E-state index contributed by atoms with van der Waals surface area (Å²) in [4.78, 5) is 4.36. The van der Waals surface area contributed by atoms with Gasteiger partial charge in [-0.15, -0.1) is 11.3 Å². The highest BCUT2D eigenvalue weighted by Crippen LogP contribution is 2.24. The Morgan fingerprint density at radius 1 is 1.32 bits per heavy atom. The van der Waals surface area contributed by atoms with E-state index in [0.29, 0.717) is 0 Å². The van der Waals surface area contributed by atoms with E-state index in [1.807, 2.05) is 11.6 Å². The molecule has 1 aromatic carbocycles. The molecule has 1 fully saturated rings. The highest BCUT2D eigenvalue weighted by molar-refractivity contribution is 7.13. The molecular formula is C15H19N3S. The molecule has 0 saturated carbocycles. The Morgan fingerprint density at radius 2 is 2.21 bits per heavy atom. The molecule has 19 heavy (non-hydrogen) atoms. The summed E-state index contributed by atoms with van der Waals surface area (Å²) in [6.07, 6.45) is 4.41. The second-order valence-corrected chi connectivity index (χ2v) is 5.89. The standard InChI is InChI=1S/C15H19N3S/c1-2-13(15-17-8-9-19-15)10-14(3-1)18-11-12-4-6-16-7-5-12/h1-3,8-10,12,16,18H,4-7,11H2. The van der Waals surface area contributed by atoms with Crippen LogP contribution in [0, 0.1) is 5.92 Å². The van der Waals surface area contributed by atoms with Crippen LogP contribution < -0.4 is 10.6 Å². The molecule has 1 saturated heterocycles. The molecule has 3 nitrogen and oxygen atoms in total. The molecule has 0 spiro atoms. The zero-order chi connectivity index (χ0) is 12.9. The lowest BCUT2D eigenvalue weighted by Crippen LogP contribution is -2.31. The Kier molecular flexibility index (Phi) is 4.10. The number of benzene rings is 1. The van der Waals surface area contributed by atoms with Crippen molar-refractivity contribution in [2.45, 2.75) is 12.8 Å². The molecule has 100 valence electrons. The van der Waals surface area contributed by atoms with Crippen molar-refractivity contribution >= 4 is 17.0 Å². The zero-order valence-electron chi connectivity index (χ0n) is 10.9. The Morgan fingerprint density at radius 3 is 3.00 bits per heavy atom. The first-order valence-corrected chi connectivity index (χ1v) is 7.74. The number of nitrogens with zero attached hydrogens (tertiary/aromatic N) is 1. The Balaban J connectivity index is 1.63. The van der Waals surface area contributed by atoms with Crippen molar-refractivity contribution < 1.29 is 0 Å². The van der Waals surface area contributed by atoms with Gasteiger partial charge in [0.15, 0.2) is 0 Å². The van der Waals surface area contributed by atoms with Crippen molar-refractivity contribution in [3.05, 3.63) is 35.8 Å². The summed E-state index contributed by atoms with van der Waals surface area (Å²) in [5.74, 6) is 0.796. The number of thiazole rings is 1. The third-order valence-electron chi connectivity index (χ3n) is 3.60. The summed E-state index contributed by atoms with van der Waals surface area (Å²) < 4.78 is 0. The SMILES string of the molecule is c1cc(NCC2CCNCC2)cc(-c2nccs2)c1. The van der Waals surface area contributed by atoms with Crippen molar-refractivity contribution in [2.75, 3.05) is 25.0 Å². The molecule has 1 aliphatic heterocycles. The predicted octanol–water partition coefficient (Wildman–Crippen LogP) is 3.22. The van der Waals surface area contributed by atoms with Crippen LogP contribution in [0.25, 0.3) is 10.6 Å². The van der Waals surface area contributed by atoms with Gasteiger partial charge in [-0.2, -0.15) is 0 Å². The van der Waals surface area contributed by atoms with E-state index in [4.69, 9.17) is 0 Å². The molecule has 4 heteroatoms. The summed E-state index contributed by atoms with van der Waals surface area (Å²) in [5, 5.41) is 10.1. The number of anilines is 1. The van der Waals surface area contributed by atoms with Crippen LogP contribution in [-0.2, 0) is 0 Å². The van der Waals surface area contributed by atoms with Crippen LogP contribution in [0.4, 0.5) is 5.69 Å². The van der Waals surface area contributed by atoms with Gasteiger partial charge in [-0.3, -0.25) is 0 Å². The van der Waals surface area contributed by atoms with Crippen LogP contribution in [-0.4, -0.2) is 24.6 Å². The van der Waals surface area contributed by atoms with E-state index in [9.17, 15) is 0 Å². The first-order chi connectivity index (χ1) is 9.42. The first-order valence-electron chi connectivity index (χ1n) is 6.86. The predicted molar refractivity (Wildman–Crippen MR) is 81.6 cm³/mol. The summed E-state index contributed by atoms with van der Waals surface area (Å²) in [6.45, 7) is 3.39. The third-order valence-corrected chi connectivity index (χ3v) is 4.42. The molecule has 0 aliphatic carbocycles. The number of hydrogen-bond donors (Lipinski definition) is 2. The van der Waals surface area contributed by atoms with E-state index in [2.05, 4.69) is 39.9 Å². The maximum atomic E-state index is 4.36. The Hall–Kier alpha value is -1.39. The minimum absolute atomic E-state index is 0.796. The fraction of sp³-hybridized carbons (Fsp3) is 0.400. The highest BCUT2D eigenvalue weighted by atomic mass is 32.1. The van der Waals surface area contributed by atoms with Gasteiger partial charge in [0.1, 0.15) is 5.01 Å². The second kappa shape index (κ2) is 6.17. The number of nitrogens with one attached hydrogen (secondary N) is 2. The van der Waals surface area contributed by atoms with Crippen LogP contribution in [0.1, 0.15) is 12.8 Å². The van der Waals surface area contributed by atoms with Gasteiger partial charge in [0.05, 0.1) is 0 Å². The molecule has 2 N–H and O–H groups in total. The summed E-state index contributed by atoms with van der Waals surface area (Å²) in [6, 6.07) is 8.55. The van der Waals surface area contributed by atoms with Crippen LogP contribution >= 0.6 is 11.3 Å². The van der Waals surface area contributed by atoms with E-state index in [-0.39, 0.29) is 0 Å². The molecule has 0 radical (unpaired) electrons. The smallest absolute Gasteiger partial charge is 0.123 e. The molecule has 1 aromatic heterocycles. The van der Waals surface area contributed by atoms with Crippen LogP contribution in [0.3, 0.4) is 0 Å². The van der Waals surface area contributed by atoms with E-state index in [1.165, 1.54) is 24.1 Å². The molecule has 0 atom stereocenters. The van der Waals surface area contributed by atoms with Gasteiger partial charge in [-0.05, 0) is 44.0 Å². The Labute approximate surface area is 118 Å². The Bertz CT molecular complexity index is 504. The lowest BCUT2D eigenvalue weighted by atomic mass is 9.98. The van der Waals surface area contributed by atoms with Gasteiger partial charge in [0.25, 0.3) is 0 Å². The van der Waals surface area contributed by atoms with Crippen LogP contribution in [0.15, 0.2) is 35.8 Å². The minimum atomic E-state index is 0.796. The van der Waals surface area contributed by atoms with E-state index >= 15 is 0 Å². The van der Waals surface area contributed by atoms with Crippen molar-refractivity contribution in [2.24, 2.45) is 5.92 Å². The maximum absolute atomic E-state index is 4.36. The van der Waals surface area contributed by atoms with Crippen molar-refractivity contribution in [1.29, 1.82) is 0 Å². The van der Waals surface area contributed by atoms with E-state index in [1.54, 1.807) is 11.3 Å². The average molecular weight is 273 g/mol. The number of piperidine rings is 1. The van der Waals surface area contributed by atoms with Gasteiger partial charge in [-0.25, -0.2) is 4.98 Å². The molecule has 2 heterocycles. The number of hydrogen-bond acceptors (Lipinski definition) is 4. The molecule has 0 bridgehead atoms. The molecule has 1 aliphatic rings. The molecule has 2 aromatic rings. The largest absolute Gasteiger partial charge is 0.385 e. The average Bonchev–Trinajstić information content (AvgIpc) is 3.01. The minimum Gasteiger partial charge on any atom is -0.385 e. The maximum Gasteiger partial charge on any atom is 0.123 e. The zero-order valence-corrected chi connectivity index (χ0v) is 11.7. The van der Waals surface area contributed by atoms with Gasteiger partial charge < -0.3 is 10.6 Å².